The maximum atomic E-state index is 9.97. The molecule has 5 nitrogen and oxygen atoms in total. The summed E-state index contributed by atoms with van der Waals surface area (Å²) < 4.78 is 0. The van der Waals surface area contributed by atoms with Crippen molar-refractivity contribution in [2.75, 3.05) is 0 Å². The molecule has 5 aromatic rings. The van der Waals surface area contributed by atoms with Crippen LogP contribution in [0.3, 0.4) is 0 Å². The van der Waals surface area contributed by atoms with E-state index in [9.17, 15) is 21.0 Å². The van der Waals surface area contributed by atoms with Crippen molar-refractivity contribution >= 4 is 43.2 Å². The van der Waals surface area contributed by atoms with Gasteiger partial charge in [0.15, 0.2) is 0 Å². The molecule has 0 fully saturated rings. The Morgan fingerprint density at radius 2 is 1.13 bits per heavy atom. The third-order valence-corrected chi connectivity index (χ3v) is 5.46. The molecule has 0 bridgehead atoms. The minimum absolute atomic E-state index is 0.0678. The van der Waals surface area contributed by atoms with E-state index < -0.39 is 0 Å². The van der Waals surface area contributed by atoms with E-state index in [4.69, 9.17) is 0 Å². The predicted molar refractivity (Wildman–Crippen MR) is 113 cm³/mol. The fourth-order valence-electron chi connectivity index (χ4n) is 4.28. The van der Waals surface area contributed by atoms with Gasteiger partial charge in [-0.15, -0.1) is 0 Å². The standard InChI is InChI=1S/C25H9N5/c26-10-18-19(11-27)21(13-29)23-17-6-3-9-30-25(17)24-15-5-2-1-4-14(15)7-8-16(24)22(23)20(18)12-28/h1-9H. The first-order valence-electron chi connectivity index (χ1n) is 9.07. The number of nitrogens with zero attached hydrogens (tertiary/aromatic N) is 5. The summed E-state index contributed by atoms with van der Waals surface area (Å²) in [5, 5.41) is 44.5. The van der Waals surface area contributed by atoms with E-state index in [0.717, 1.165) is 21.5 Å². The highest BCUT2D eigenvalue weighted by Gasteiger charge is 2.24. The third kappa shape index (κ3) is 2.04. The van der Waals surface area contributed by atoms with E-state index in [1.54, 1.807) is 12.3 Å². The molecule has 0 spiro atoms. The average Bonchev–Trinajstić information content (AvgIpc) is 2.81. The van der Waals surface area contributed by atoms with Crippen LogP contribution >= 0.6 is 0 Å². The van der Waals surface area contributed by atoms with E-state index >= 15 is 0 Å². The molecule has 5 rings (SSSR count). The molecular weight excluding hydrogens is 370 g/mol. The van der Waals surface area contributed by atoms with Gasteiger partial charge in [0.1, 0.15) is 24.3 Å². The molecule has 5 heteroatoms. The van der Waals surface area contributed by atoms with Crippen LogP contribution in [-0.2, 0) is 0 Å². The summed E-state index contributed by atoms with van der Waals surface area (Å²) in [7, 11) is 0. The number of fused-ring (bicyclic) bond motifs is 8. The molecule has 0 aliphatic carbocycles. The number of nitriles is 4. The summed E-state index contributed by atoms with van der Waals surface area (Å²) in [6.45, 7) is 0. The van der Waals surface area contributed by atoms with Crippen LogP contribution in [0.25, 0.3) is 43.2 Å². The highest BCUT2D eigenvalue weighted by atomic mass is 14.6. The topological polar surface area (TPSA) is 108 Å². The van der Waals surface area contributed by atoms with Crippen LogP contribution in [0.2, 0.25) is 0 Å². The maximum absolute atomic E-state index is 9.97. The Morgan fingerprint density at radius 1 is 0.533 bits per heavy atom. The van der Waals surface area contributed by atoms with E-state index in [1.807, 2.05) is 54.6 Å². The summed E-state index contributed by atoms with van der Waals surface area (Å²) >= 11 is 0. The molecule has 1 aromatic heterocycles. The summed E-state index contributed by atoms with van der Waals surface area (Å²) in [4.78, 5) is 4.60. The minimum atomic E-state index is -0.0747. The summed E-state index contributed by atoms with van der Waals surface area (Å²) in [6, 6.07) is 23.5. The monoisotopic (exact) mass is 379 g/mol. The number of pyridine rings is 1. The largest absolute Gasteiger partial charge is 0.256 e. The lowest BCUT2D eigenvalue weighted by atomic mass is 9.85. The van der Waals surface area contributed by atoms with Gasteiger partial charge in [0.25, 0.3) is 0 Å². The summed E-state index contributed by atoms with van der Waals surface area (Å²) in [6.07, 6.45) is 1.68. The Balaban J connectivity index is 2.30. The smallest absolute Gasteiger partial charge is 0.102 e. The van der Waals surface area contributed by atoms with Crippen LogP contribution in [0.1, 0.15) is 22.3 Å². The first-order valence-corrected chi connectivity index (χ1v) is 9.07. The molecule has 0 saturated carbocycles. The fraction of sp³-hybridized carbons (Fsp3) is 0. The molecule has 0 unspecified atom stereocenters. The second-order valence-electron chi connectivity index (χ2n) is 6.81. The van der Waals surface area contributed by atoms with Crippen molar-refractivity contribution in [2.24, 2.45) is 0 Å². The van der Waals surface area contributed by atoms with Gasteiger partial charge in [-0.25, -0.2) is 0 Å². The van der Waals surface area contributed by atoms with Crippen LogP contribution in [0.4, 0.5) is 0 Å². The predicted octanol–water partition coefficient (Wildman–Crippen LogP) is 5.18. The van der Waals surface area contributed by atoms with Crippen LogP contribution in [0.15, 0.2) is 54.7 Å². The number of hydrogen-bond donors (Lipinski definition) is 0. The Morgan fingerprint density at radius 3 is 1.80 bits per heavy atom. The second kappa shape index (κ2) is 6.29. The van der Waals surface area contributed by atoms with Crippen LogP contribution in [-0.4, -0.2) is 4.98 Å². The van der Waals surface area contributed by atoms with Crippen molar-refractivity contribution in [3.8, 4) is 24.3 Å². The highest BCUT2D eigenvalue weighted by molar-refractivity contribution is 6.32. The summed E-state index contributed by atoms with van der Waals surface area (Å²) in [5.74, 6) is 0. The lowest BCUT2D eigenvalue weighted by Crippen LogP contribution is -2.00. The SMILES string of the molecule is N#Cc1c(C#N)c(C#N)c2c3ccc4ccccc4c3c3ncccc3c2c1C#N. The zero-order valence-electron chi connectivity index (χ0n) is 15.4. The second-order valence-corrected chi connectivity index (χ2v) is 6.81. The minimum Gasteiger partial charge on any atom is -0.256 e. The first-order chi connectivity index (χ1) is 14.7. The van der Waals surface area contributed by atoms with Gasteiger partial charge in [0, 0.05) is 27.7 Å². The number of aromatic nitrogens is 1. The molecule has 0 aliphatic rings. The Kier molecular flexibility index (Phi) is 3.59. The van der Waals surface area contributed by atoms with Crippen molar-refractivity contribution in [3.63, 3.8) is 0 Å². The highest BCUT2D eigenvalue weighted by Crippen LogP contribution is 2.42. The van der Waals surface area contributed by atoms with Gasteiger partial charge in [-0.2, -0.15) is 21.0 Å². The molecule has 0 saturated heterocycles. The van der Waals surface area contributed by atoms with Crippen molar-refractivity contribution in [1.82, 2.24) is 4.98 Å². The van der Waals surface area contributed by atoms with Gasteiger partial charge in [-0.05, 0) is 22.2 Å². The van der Waals surface area contributed by atoms with Gasteiger partial charge in [0.05, 0.1) is 27.8 Å². The van der Waals surface area contributed by atoms with Gasteiger partial charge >= 0.3 is 0 Å². The molecule has 0 N–H and O–H groups in total. The fourth-order valence-corrected chi connectivity index (χ4v) is 4.28. The van der Waals surface area contributed by atoms with Gasteiger partial charge in [0.2, 0.25) is 0 Å². The van der Waals surface area contributed by atoms with Crippen molar-refractivity contribution in [2.45, 2.75) is 0 Å². The normalized spacial score (nSPS) is 10.5. The van der Waals surface area contributed by atoms with Crippen molar-refractivity contribution in [1.29, 1.82) is 21.0 Å². The van der Waals surface area contributed by atoms with Crippen LogP contribution < -0.4 is 0 Å². The Hall–Kier alpha value is -4.97. The molecule has 0 atom stereocenters. The van der Waals surface area contributed by atoms with E-state index in [1.165, 1.54) is 0 Å². The molecule has 134 valence electrons. The van der Waals surface area contributed by atoms with Gasteiger partial charge < -0.3 is 0 Å². The molecule has 4 aromatic carbocycles. The molecular formula is C25H9N5. The Labute approximate surface area is 170 Å². The number of rotatable bonds is 0. The van der Waals surface area contributed by atoms with Crippen LogP contribution in [0, 0.1) is 45.3 Å². The Bertz CT molecular complexity index is 1740. The molecule has 0 aliphatic heterocycles. The van der Waals surface area contributed by atoms with Crippen molar-refractivity contribution < 1.29 is 0 Å². The average molecular weight is 379 g/mol. The first kappa shape index (κ1) is 17.2. The van der Waals surface area contributed by atoms with E-state index in [-0.39, 0.29) is 22.3 Å². The lowest BCUT2D eigenvalue weighted by molar-refractivity contribution is 1.39. The van der Waals surface area contributed by atoms with E-state index in [2.05, 4.69) is 17.1 Å². The third-order valence-electron chi connectivity index (χ3n) is 5.46. The zero-order chi connectivity index (χ0) is 20.8. The zero-order valence-corrected chi connectivity index (χ0v) is 15.4. The maximum Gasteiger partial charge on any atom is 0.102 e. The van der Waals surface area contributed by atoms with Gasteiger partial charge in [-0.1, -0.05) is 42.5 Å². The lowest BCUT2D eigenvalue weighted by Gasteiger charge is -2.15. The van der Waals surface area contributed by atoms with Gasteiger partial charge in [-0.3, -0.25) is 4.98 Å². The van der Waals surface area contributed by atoms with Crippen molar-refractivity contribution in [3.05, 3.63) is 77.0 Å². The molecule has 0 amide bonds. The van der Waals surface area contributed by atoms with E-state index in [0.29, 0.717) is 21.7 Å². The van der Waals surface area contributed by atoms with Crippen LogP contribution in [0.5, 0.6) is 0 Å². The number of hydrogen-bond acceptors (Lipinski definition) is 5. The summed E-state index contributed by atoms with van der Waals surface area (Å²) in [5.41, 5.74) is 0.743. The molecule has 1 heterocycles. The molecule has 30 heavy (non-hydrogen) atoms. The quantitative estimate of drug-likeness (QED) is 0.344. The number of benzene rings is 4. The molecule has 0 radical (unpaired) electrons.